The fraction of sp³-hybridized carbons (Fsp3) is 0.333. The monoisotopic (exact) mass is 493 g/mol. The number of carbonyl (C=O) groups is 2. The highest BCUT2D eigenvalue weighted by Gasteiger charge is 2.35. The third kappa shape index (κ3) is 5.03. The van der Waals surface area contributed by atoms with Crippen LogP contribution in [-0.2, 0) is 26.2 Å². The molecule has 4 rings (SSSR count). The van der Waals surface area contributed by atoms with E-state index in [0.29, 0.717) is 30.1 Å². The van der Waals surface area contributed by atoms with E-state index in [2.05, 4.69) is 5.32 Å². The van der Waals surface area contributed by atoms with E-state index in [1.165, 1.54) is 4.31 Å². The van der Waals surface area contributed by atoms with Gasteiger partial charge in [0.05, 0.1) is 10.6 Å². The summed E-state index contributed by atoms with van der Waals surface area (Å²) in [4.78, 5) is 27.8. The van der Waals surface area contributed by atoms with Gasteiger partial charge in [0.1, 0.15) is 6.04 Å². The van der Waals surface area contributed by atoms with Gasteiger partial charge in [-0.3, -0.25) is 13.9 Å². The molecule has 184 valence electrons. The van der Waals surface area contributed by atoms with Crippen molar-refractivity contribution in [2.45, 2.75) is 50.6 Å². The van der Waals surface area contributed by atoms with Crippen molar-refractivity contribution < 1.29 is 18.0 Å². The fourth-order valence-electron chi connectivity index (χ4n) is 4.48. The van der Waals surface area contributed by atoms with Gasteiger partial charge in [-0.15, -0.1) is 0 Å². The standard InChI is InChI=1S/C27H31N3O4S/c1-3-17-28-27(32)20(2)29(19-21-10-5-4-6-11-21)25(31)16-9-18-30-23-14-7-12-22-13-8-15-24(26(22)23)35(30,33)34/h4-8,10-15,20H,3,9,16-19H2,1-2H3,(H,28,32)/t20-/m1/s1. The molecule has 3 aromatic carbocycles. The Hall–Kier alpha value is -3.39. The van der Waals surface area contributed by atoms with Gasteiger partial charge < -0.3 is 10.2 Å². The minimum atomic E-state index is -3.66. The smallest absolute Gasteiger partial charge is 0.265 e. The zero-order chi connectivity index (χ0) is 25.0. The number of nitrogens with zero attached hydrogens (tertiary/aromatic N) is 2. The lowest BCUT2D eigenvalue weighted by atomic mass is 10.1. The molecular formula is C27H31N3O4S. The molecule has 0 bridgehead atoms. The first-order chi connectivity index (χ1) is 16.8. The molecule has 8 heteroatoms. The Morgan fingerprint density at radius 2 is 1.71 bits per heavy atom. The fourth-order valence-corrected chi connectivity index (χ4v) is 6.22. The summed E-state index contributed by atoms with van der Waals surface area (Å²) in [6.45, 7) is 4.76. The summed E-state index contributed by atoms with van der Waals surface area (Å²) < 4.78 is 27.8. The van der Waals surface area contributed by atoms with Gasteiger partial charge in [0.25, 0.3) is 10.0 Å². The molecule has 0 unspecified atom stereocenters. The van der Waals surface area contributed by atoms with E-state index in [1.54, 1.807) is 30.0 Å². The number of hydrogen-bond donors (Lipinski definition) is 1. The molecule has 0 radical (unpaired) electrons. The predicted molar refractivity (Wildman–Crippen MR) is 137 cm³/mol. The molecule has 7 nitrogen and oxygen atoms in total. The van der Waals surface area contributed by atoms with E-state index in [4.69, 9.17) is 0 Å². The Balaban J connectivity index is 1.48. The largest absolute Gasteiger partial charge is 0.354 e. The Kier molecular flexibility index (Phi) is 7.40. The molecule has 1 aliphatic heterocycles. The second-order valence-electron chi connectivity index (χ2n) is 8.79. The zero-order valence-corrected chi connectivity index (χ0v) is 20.9. The molecule has 0 fully saturated rings. The molecule has 0 aromatic heterocycles. The Morgan fingerprint density at radius 3 is 2.43 bits per heavy atom. The van der Waals surface area contributed by atoms with Crippen LogP contribution in [0, 0.1) is 0 Å². The summed E-state index contributed by atoms with van der Waals surface area (Å²) in [5.74, 6) is -0.374. The van der Waals surface area contributed by atoms with Crippen LogP contribution in [0.15, 0.2) is 71.6 Å². The van der Waals surface area contributed by atoms with Crippen molar-refractivity contribution >= 4 is 38.3 Å². The van der Waals surface area contributed by atoms with Gasteiger partial charge in [-0.05, 0) is 42.8 Å². The van der Waals surface area contributed by atoms with Gasteiger partial charge in [0.15, 0.2) is 0 Å². The topological polar surface area (TPSA) is 86.8 Å². The number of sulfonamides is 1. The van der Waals surface area contributed by atoms with Crippen LogP contribution < -0.4 is 9.62 Å². The van der Waals surface area contributed by atoms with E-state index in [9.17, 15) is 18.0 Å². The summed E-state index contributed by atoms with van der Waals surface area (Å²) in [7, 11) is -3.66. The molecular weight excluding hydrogens is 462 g/mol. The van der Waals surface area contributed by atoms with Crippen molar-refractivity contribution in [2.75, 3.05) is 17.4 Å². The number of anilines is 1. The summed E-state index contributed by atoms with van der Waals surface area (Å²) in [6, 6.07) is 19.7. The molecule has 1 atom stereocenters. The van der Waals surface area contributed by atoms with Gasteiger partial charge in [0.2, 0.25) is 11.8 Å². The van der Waals surface area contributed by atoms with E-state index in [1.807, 2.05) is 55.5 Å². The minimum absolute atomic E-state index is 0.135. The summed E-state index contributed by atoms with van der Waals surface area (Å²) in [5.41, 5.74) is 1.58. The second kappa shape index (κ2) is 10.5. The highest BCUT2D eigenvalue weighted by atomic mass is 32.2. The number of benzene rings is 3. The van der Waals surface area contributed by atoms with Crippen molar-refractivity contribution in [1.29, 1.82) is 0 Å². The molecule has 3 aromatic rings. The van der Waals surface area contributed by atoms with Crippen molar-refractivity contribution in [1.82, 2.24) is 10.2 Å². The third-order valence-electron chi connectivity index (χ3n) is 6.35. The van der Waals surface area contributed by atoms with E-state index < -0.39 is 16.1 Å². The van der Waals surface area contributed by atoms with Crippen molar-refractivity contribution in [2.24, 2.45) is 0 Å². The van der Waals surface area contributed by atoms with Crippen LogP contribution in [0.5, 0.6) is 0 Å². The van der Waals surface area contributed by atoms with E-state index >= 15 is 0 Å². The molecule has 0 saturated heterocycles. The maximum absolute atomic E-state index is 13.3. The highest BCUT2D eigenvalue weighted by Crippen LogP contribution is 2.42. The Morgan fingerprint density at radius 1 is 1.00 bits per heavy atom. The van der Waals surface area contributed by atoms with Crippen LogP contribution in [-0.4, -0.2) is 44.3 Å². The highest BCUT2D eigenvalue weighted by molar-refractivity contribution is 7.93. The lowest BCUT2D eigenvalue weighted by molar-refractivity contribution is -0.140. The summed E-state index contributed by atoms with van der Waals surface area (Å²) in [6.07, 6.45) is 1.29. The number of carbonyl (C=O) groups excluding carboxylic acids is 2. The number of amides is 2. The van der Waals surface area contributed by atoms with Crippen LogP contribution >= 0.6 is 0 Å². The third-order valence-corrected chi connectivity index (χ3v) is 8.20. The molecule has 0 aliphatic carbocycles. The van der Waals surface area contributed by atoms with Crippen LogP contribution in [0.25, 0.3) is 10.8 Å². The Labute approximate surface area is 206 Å². The molecule has 1 heterocycles. The van der Waals surface area contributed by atoms with Gasteiger partial charge in [-0.2, -0.15) is 0 Å². The van der Waals surface area contributed by atoms with E-state index in [-0.39, 0.29) is 24.8 Å². The quantitative estimate of drug-likeness (QED) is 0.461. The zero-order valence-electron chi connectivity index (χ0n) is 20.1. The Bertz CT molecular complexity index is 1320. The number of hydrogen-bond acceptors (Lipinski definition) is 4. The van der Waals surface area contributed by atoms with Crippen molar-refractivity contribution in [3.05, 3.63) is 72.3 Å². The van der Waals surface area contributed by atoms with Gasteiger partial charge in [0, 0.05) is 31.4 Å². The van der Waals surface area contributed by atoms with Crippen molar-refractivity contribution in [3.63, 3.8) is 0 Å². The van der Waals surface area contributed by atoms with Crippen LogP contribution in [0.4, 0.5) is 5.69 Å². The molecule has 0 saturated carbocycles. The lowest BCUT2D eigenvalue weighted by Crippen LogP contribution is -2.47. The maximum atomic E-state index is 13.3. The molecule has 2 amide bonds. The summed E-state index contributed by atoms with van der Waals surface area (Å²) >= 11 is 0. The first-order valence-electron chi connectivity index (χ1n) is 12.0. The molecule has 35 heavy (non-hydrogen) atoms. The van der Waals surface area contributed by atoms with Gasteiger partial charge in [-0.1, -0.05) is 61.5 Å². The lowest BCUT2D eigenvalue weighted by Gasteiger charge is -2.29. The second-order valence-corrected chi connectivity index (χ2v) is 10.6. The van der Waals surface area contributed by atoms with Crippen molar-refractivity contribution in [3.8, 4) is 0 Å². The molecule has 0 spiro atoms. The average molecular weight is 494 g/mol. The predicted octanol–water partition coefficient (Wildman–Crippen LogP) is 4.07. The van der Waals surface area contributed by atoms with Crippen LogP contribution in [0.3, 0.4) is 0 Å². The maximum Gasteiger partial charge on any atom is 0.265 e. The average Bonchev–Trinajstić information content (AvgIpc) is 3.09. The number of rotatable bonds is 10. The van der Waals surface area contributed by atoms with Crippen LogP contribution in [0.2, 0.25) is 0 Å². The molecule has 1 aliphatic rings. The first kappa shape index (κ1) is 24.7. The van der Waals surface area contributed by atoms with Crippen LogP contribution in [0.1, 0.15) is 38.7 Å². The minimum Gasteiger partial charge on any atom is -0.354 e. The number of nitrogens with one attached hydrogen (secondary N) is 1. The summed E-state index contributed by atoms with van der Waals surface area (Å²) in [5, 5.41) is 4.47. The van der Waals surface area contributed by atoms with E-state index in [0.717, 1.165) is 22.8 Å². The SMILES string of the molecule is CCCNC(=O)[C@@H](C)N(Cc1ccccc1)C(=O)CCCN1c2cccc3cccc(c23)S1(=O)=O. The normalized spacial score (nSPS) is 14.6. The molecule has 1 N–H and O–H groups in total. The van der Waals surface area contributed by atoms with Gasteiger partial charge in [-0.25, -0.2) is 8.42 Å². The first-order valence-corrected chi connectivity index (χ1v) is 13.4. The van der Waals surface area contributed by atoms with Gasteiger partial charge >= 0.3 is 0 Å².